The van der Waals surface area contributed by atoms with E-state index in [1.54, 1.807) is 0 Å². The van der Waals surface area contributed by atoms with Crippen LogP contribution in [0, 0.1) is 5.41 Å². The molecule has 1 unspecified atom stereocenters. The SMILES string of the molecule is CCNCC(C)(CC)Cc1ccc(Br)cn1. The van der Waals surface area contributed by atoms with E-state index in [-0.39, 0.29) is 0 Å². The Hall–Kier alpha value is -0.410. The standard InChI is InChI=1S/C13H21BrN2/c1-4-13(3,10-15-5-2)8-12-7-6-11(14)9-16-12/h6-7,9,15H,4-5,8,10H2,1-3H3. The summed E-state index contributed by atoms with van der Waals surface area (Å²) in [6, 6.07) is 4.16. The van der Waals surface area contributed by atoms with E-state index in [9.17, 15) is 0 Å². The highest BCUT2D eigenvalue weighted by atomic mass is 79.9. The second-order valence-corrected chi connectivity index (χ2v) is 5.50. The Bertz CT molecular complexity index is 310. The minimum atomic E-state index is 0.302. The van der Waals surface area contributed by atoms with Crippen molar-refractivity contribution in [3.63, 3.8) is 0 Å². The van der Waals surface area contributed by atoms with Crippen LogP contribution in [-0.4, -0.2) is 18.1 Å². The molecule has 0 saturated heterocycles. The second-order valence-electron chi connectivity index (χ2n) is 4.59. The number of nitrogens with zero attached hydrogens (tertiary/aromatic N) is 1. The third-order valence-electron chi connectivity index (χ3n) is 3.05. The number of rotatable bonds is 6. The van der Waals surface area contributed by atoms with Crippen LogP contribution in [-0.2, 0) is 6.42 Å². The number of halogens is 1. The van der Waals surface area contributed by atoms with Crippen molar-refractivity contribution in [1.29, 1.82) is 0 Å². The van der Waals surface area contributed by atoms with Crippen LogP contribution in [0.15, 0.2) is 22.8 Å². The lowest BCUT2D eigenvalue weighted by molar-refractivity contribution is 0.290. The highest BCUT2D eigenvalue weighted by Gasteiger charge is 2.22. The van der Waals surface area contributed by atoms with Crippen molar-refractivity contribution < 1.29 is 0 Å². The van der Waals surface area contributed by atoms with Crippen LogP contribution in [0.5, 0.6) is 0 Å². The van der Waals surface area contributed by atoms with Gasteiger partial charge in [0.1, 0.15) is 0 Å². The van der Waals surface area contributed by atoms with Gasteiger partial charge in [-0.25, -0.2) is 0 Å². The van der Waals surface area contributed by atoms with E-state index < -0.39 is 0 Å². The number of pyridine rings is 1. The first-order valence-electron chi connectivity index (χ1n) is 5.91. The van der Waals surface area contributed by atoms with Crippen molar-refractivity contribution in [2.45, 2.75) is 33.6 Å². The van der Waals surface area contributed by atoms with E-state index >= 15 is 0 Å². The Morgan fingerprint density at radius 1 is 1.38 bits per heavy atom. The van der Waals surface area contributed by atoms with E-state index in [4.69, 9.17) is 0 Å². The first-order chi connectivity index (χ1) is 7.59. The Kier molecular flexibility index (Phi) is 5.42. The molecule has 0 amide bonds. The summed E-state index contributed by atoms with van der Waals surface area (Å²) in [5.41, 5.74) is 1.47. The van der Waals surface area contributed by atoms with Crippen molar-refractivity contribution in [2.75, 3.05) is 13.1 Å². The van der Waals surface area contributed by atoms with Gasteiger partial charge < -0.3 is 5.32 Å². The zero-order valence-electron chi connectivity index (χ0n) is 10.4. The minimum absolute atomic E-state index is 0.302. The van der Waals surface area contributed by atoms with Crippen molar-refractivity contribution in [1.82, 2.24) is 10.3 Å². The molecule has 0 saturated carbocycles. The van der Waals surface area contributed by atoms with Gasteiger partial charge >= 0.3 is 0 Å². The van der Waals surface area contributed by atoms with Crippen molar-refractivity contribution in [3.8, 4) is 0 Å². The normalized spacial score (nSPS) is 14.8. The van der Waals surface area contributed by atoms with Gasteiger partial charge in [0.2, 0.25) is 0 Å². The predicted molar refractivity (Wildman–Crippen MR) is 72.6 cm³/mol. The van der Waals surface area contributed by atoms with Crippen LogP contribution < -0.4 is 5.32 Å². The van der Waals surface area contributed by atoms with Crippen molar-refractivity contribution >= 4 is 15.9 Å². The van der Waals surface area contributed by atoms with Crippen molar-refractivity contribution in [3.05, 3.63) is 28.5 Å². The molecule has 1 aromatic rings. The number of nitrogens with one attached hydrogen (secondary N) is 1. The van der Waals surface area contributed by atoms with E-state index in [1.807, 2.05) is 6.20 Å². The highest BCUT2D eigenvalue weighted by molar-refractivity contribution is 9.10. The molecular formula is C13H21BrN2. The van der Waals surface area contributed by atoms with Gasteiger partial charge in [-0.3, -0.25) is 4.98 Å². The minimum Gasteiger partial charge on any atom is -0.316 e. The fraction of sp³-hybridized carbons (Fsp3) is 0.615. The fourth-order valence-electron chi connectivity index (χ4n) is 1.69. The number of aromatic nitrogens is 1. The molecule has 1 rings (SSSR count). The second kappa shape index (κ2) is 6.36. The van der Waals surface area contributed by atoms with E-state index in [2.05, 4.69) is 59.1 Å². The van der Waals surface area contributed by atoms with Crippen molar-refractivity contribution in [2.24, 2.45) is 5.41 Å². The van der Waals surface area contributed by atoms with Gasteiger partial charge in [0.25, 0.3) is 0 Å². The summed E-state index contributed by atoms with van der Waals surface area (Å²) in [6.07, 6.45) is 4.07. The fourth-order valence-corrected chi connectivity index (χ4v) is 1.92. The van der Waals surface area contributed by atoms with Crippen LogP contribution in [0.2, 0.25) is 0 Å². The molecule has 0 bridgehead atoms. The smallest absolute Gasteiger partial charge is 0.0413 e. The van der Waals surface area contributed by atoms with Gasteiger partial charge in [-0.1, -0.05) is 20.8 Å². The molecule has 90 valence electrons. The molecule has 2 nitrogen and oxygen atoms in total. The number of hydrogen-bond donors (Lipinski definition) is 1. The third kappa shape index (κ3) is 4.22. The molecule has 16 heavy (non-hydrogen) atoms. The zero-order valence-corrected chi connectivity index (χ0v) is 12.0. The maximum Gasteiger partial charge on any atom is 0.0413 e. The first kappa shape index (κ1) is 13.7. The molecule has 0 aliphatic rings. The Labute approximate surface area is 107 Å². The quantitative estimate of drug-likeness (QED) is 0.866. The molecule has 0 aliphatic carbocycles. The van der Waals surface area contributed by atoms with Gasteiger partial charge in [-0.05, 0) is 52.9 Å². The maximum absolute atomic E-state index is 4.44. The lowest BCUT2D eigenvalue weighted by Crippen LogP contribution is -2.33. The summed E-state index contributed by atoms with van der Waals surface area (Å²) in [5.74, 6) is 0. The van der Waals surface area contributed by atoms with Gasteiger partial charge in [0.15, 0.2) is 0 Å². The predicted octanol–water partition coefficient (Wildman–Crippen LogP) is 3.41. The summed E-state index contributed by atoms with van der Waals surface area (Å²) in [6.45, 7) is 8.80. The topological polar surface area (TPSA) is 24.9 Å². The lowest BCUT2D eigenvalue weighted by Gasteiger charge is -2.28. The molecular weight excluding hydrogens is 264 g/mol. The molecule has 1 heterocycles. The third-order valence-corrected chi connectivity index (χ3v) is 3.52. The molecule has 0 spiro atoms. The Morgan fingerprint density at radius 3 is 2.62 bits per heavy atom. The number of hydrogen-bond acceptors (Lipinski definition) is 2. The monoisotopic (exact) mass is 284 g/mol. The largest absolute Gasteiger partial charge is 0.316 e. The van der Waals surface area contributed by atoms with Crippen LogP contribution in [0.1, 0.15) is 32.9 Å². The summed E-state index contributed by atoms with van der Waals surface area (Å²) < 4.78 is 1.04. The molecule has 0 radical (unpaired) electrons. The van der Waals surface area contributed by atoms with E-state index in [1.165, 1.54) is 5.69 Å². The molecule has 1 atom stereocenters. The van der Waals surface area contributed by atoms with Gasteiger partial charge in [0.05, 0.1) is 0 Å². The molecule has 3 heteroatoms. The van der Waals surface area contributed by atoms with Crippen LogP contribution in [0.3, 0.4) is 0 Å². The maximum atomic E-state index is 4.44. The average Bonchev–Trinajstić information content (AvgIpc) is 2.30. The van der Waals surface area contributed by atoms with Crippen LogP contribution in [0.4, 0.5) is 0 Å². The Morgan fingerprint density at radius 2 is 2.12 bits per heavy atom. The zero-order chi connectivity index (χ0) is 12.0. The summed E-state index contributed by atoms with van der Waals surface area (Å²) in [7, 11) is 0. The highest BCUT2D eigenvalue weighted by Crippen LogP contribution is 2.25. The first-order valence-corrected chi connectivity index (χ1v) is 6.70. The molecule has 0 aromatic carbocycles. The summed E-state index contributed by atoms with van der Waals surface area (Å²) >= 11 is 3.41. The average molecular weight is 285 g/mol. The van der Waals surface area contributed by atoms with Gasteiger partial charge in [-0.15, -0.1) is 0 Å². The molecule has 1 aromatic heterocycles. The Balaban J connectivity index is 2.64. The molecule has 1 N–H and O–H groups in total. The van der Waals surface area contributed by atoms with E-state index in [0.29, 0.717) is 5.41 Å². The lowest BCUT2D eigenvalue weighted by atomic mass is 9.82. The van der Waals surface area contributed by atoms with Crippen LogP contribution in [0.25, 0.3) is 0 Å². The van der Waals surface area contributed by atoms with Gasteiger partial charge in [0, 0.05) is 22.9 Å². The van der Waals surface area contributed by atoms with Gasteiger partial charge in [-0.2, -0.15) is 0 Å². The summed E-state index contributed by atoms with van der Waals surface area (Å²) in [5, 5.41) is 3.43. The van der Waals surface area contributed by atoms with E-state index in [0.717, 1.165) is 30.4 Å². The van der Waals surface area contributed by atoms with Crippen LogP contribution >= 0.6 is 15.9 Å². The molecule has 0 fully saturated rings. The summed E-state index contributed by atoms with van der Waals surface area (Å²) in [4.78, 5) is 4.44. The molecule has 0 aliphatic heterocycles.